The van der Waals surface area contributed by atoms with Gasteiger partial charge in [-0.3, -0.25) is 9.59 Å². The van der Waals surface area contributed by atoms with Crippen LogP contribution in [0.15, 0.2) is 48.6 Å². The largest absolute Gasteiger partial charge is 0.481 e. The van der Waals surface area contributed by atoms with Crippen LogP contribution in [-0.4, -0.2) is 23.1 Å². The van der Waals surface area contributed by atoms with Gasteiger partial charge in [-0.25, -0.2) is 0 Å². The van der Waals surface area contributed by atoms with Gasteiger partial charge in [0.1, 0.15) is 6.10 Å². The zero-order valence-electron chi connectivity index (χ0n) is 26.8. The summed E-state index contributed by atoms with van der Waals surface area (Å²) >= 11 is 0. The van der Waals surface area contributed by atoms with E-state index in [1.54, 1.807) is 0 Å². The second kappa shape index (κ2) is 32.4. The third kappa shape index (κ3) is 32.3. The van der Waals surface area contributed by atoms with Gasteiger partial charge in [-0.2, -0.15) is 0 Å². The highest BCUT2D eigenvalue weighted by Gasteiger charge is 2.14. The Morgan fingerprint density at radius 3 is 1.51 bits per heavy atom. The number of rotatable bonds is 30. The molecule has 0 aromatic rings. The first-order valence-electron chi connectivity index (χ1n) is 17.1. The Morgan fingerprint density at radius 1 is 0.537 bits per heavy atom. The van der Waals surface area contributed by atoms with Crippen molar-refractivity contribution >= 4 is 11.9 Å². The van der Waals surface area contributed by atoms with Crippen molar-refractivity contribution in [3.05, 3.63) is 48.6 Å². The fraction of sp³-hybridized carbons (Fsp3) is 0.730. The number of carbonyl (C=O) groups is 2. The average Bonchev–Trinajstić information content (AvgIpc) is 2.95. The molecule has 0 aliphatic heterocycles. The van der Waals surface area contributed by atoms with Crippen molar-refractivity contribution < 1.29 is 19.4 Å². The summed E-state index contributed by atoms with van der Waals surface area (Å²) in [6.07, 6.45) is 42.6. The minimum atomic E-state index is -0.733. The molecule has 1 atom stereocenters. The molecule has 1 unspecified atom stereocenters. The van der Waals surface area contributed by atoms with Crippen LogP contribution in [0.25, 0.3) is 0 Å². The first-order valence-corrected chi connectivity index (χ1v) is 17.1. The highest BCUT2D eigenvalue weighted by molar-refractivity contribution is 5.69. The summed E-state index contributed by atoms with van der Waals surface area (Å²) in [5.41, 5.74) is 0. The summed E-state index contributed by atoms with van der Waals surface area (Å²) < 4.78 is 5.86. The van der Waals surface area contributed by atoms with E-state index in [4.69, 9.17) is 9.84 Å². The van der Waals surface area contributed by atoms with E-state index >= 15 is 0 Å². The molecule has 4 heteroatoms. The van der Waals surface area contributed by atoms with Gasteiger partial charge in [-0.05, 0) is 83.5 Å². The van der Waals surface area contributed by atoms with Crippen LogP contribution in [-0.2, 0) is 14.3 Å². The molecule has 0 fully saturated rings. The fourth-order valence-electron chi connectivity index (χ4n) is 4.75. The van der Waals surface area contributed by atoms with E-state index in [1.165, 1.54) is 57.8 Å². The van der Waals surface area contributed by atoms with Gasteiger partial charge < -0.3 is 9.84 Å². The standard InChI is InChI=1S/C37H64O4/c1-3-5-7-9-11-12-13-14-15-16-17-18-19-20-21-22-23-25-30-34-37(40)41-35(31-27-24-10-8-6-4-2)32-28-26-29-33-36(38)39/h11-12,14-15,17-18,20-21,35H,3-10,13,16,19,22-34H2,1-2H3,(H,38,39)/b12-11-,15-14-,18-17-,21-20-. The predicted octanol–water partition coefficient (Wildman–Crippen LogP) is 11.6. The van der Waals surface area contributed by atoms with Crippen molar-refractivity contribution in [2.45, 2.75) is 174 Å². The Bertz CT molecular complexity index is 704. The van der Waals surface area contributed by atoms with Gasteiger partial charge in [0, 0.05) is 12.8 Å². The van der Waals surface area contributed by atoms with E-state index in [0.717, 1.165) is 77.0 Å². The van der Waals surface area contributed by atoms with Crippen LogP contribution in [0, 0.1) is 0 Å². The maximum absolute atomic E-state index is 12.5. The molecule has 0 aliphatic rings. The zero-order chi connectivity index (χ0) is 30.1. The number of aliphatic carboxylic acids is 1. The van der Waals surface area contributed by atoms with Crippen LogP contribution in [0.2, 0.25) is 0 Å². The fourth-order valence-corrected chi connectivity index (χ4v) is 4.75. The third-order valence-corrected chi connectivity index (χ3v) is 7.30. The van der Waals surface area contributed by atoms with Crippen molar-refractivity contribution in [3.63, 3.8) is 0 Å². The Labute approximate surface area is 253 Å². The number of allylic oxidation sites excluding steroid dienone is 8. The lowest BCUT2D eigenvalue weighted by Gasteiger charge is -2.18. The molecule has 0 amide bonds. The normalized spacial score (nSPS) is 12.8. The summed E-state index contributed by atoms with van der Waals surface area (Å²) in [5, 5.41) is 8.82. The van der Waals surface area contributed by atoms with Crippen molar-refractivity contribution in [2.75, 3.05) is 0 Å². The van der Waals surface area contributed by atoms with Gasteiger partial charge in [-0.1, -0.05) is 120 Å². The molecule has 0 bridgehead atoms. The monoisotopic (exact) mass is 572 g/mol. The molecule has 0 aromatic heterocycles. The molecule has 0 rings (SSSR count). The van der Waals surface area contributed by atoms with Gasteiger partial charge in [0.05, 0.1) is 0 Å². The van der Waals surface area contributed by atoms with E-state index in [-0.39, 0.29) is 18.5 Å². The number of carboxylic acids is 1. The quantitative estimate of drug-likeness (QED) is 0.0528. The van der Waals surface area contributed by atoms with Crippen LogP contribution in [0.1, 0.15) is 168 Å². The van der Waals surface area contributed by atoms with Gasteiger partial charge in [0.2, 0.25) is 0 Å². The van der Waals surface area contributed by atoms with E-state index in [1.807, 2.05) is 0 Å². The molecule has 0 heterocycles. The van der Waals surface area contributed by atoms with Crippen LogP contribution in [0.5, 0.6) is 0 Å². The second-order valence-corrected chi connectivity index (χ2v) is 11.3. The second-order valence-electron chi connectivity index (χ2n) is 11.3. The van der Waals surface area contributed by atoms with Crippen LogP contribution in [0.3, 0.4) is 0 Å². The summed E-state index contributed by atoms with van der Waals surface area (Å²) in [5.74, 6) is -0.799. The predicted molar refractivity (Wildman–Crippen MR) is 176 cm³/mol. The number of hydrogen-bond donors (Lipinski definition) is 1. The minimum Gasteiger partial charge on any atom is -0.481 e. The molecule has 41 heavy (non-hydrogen) atoms. The highest BCUT2D eigenvalue weighted by atomic mass is 16.5. The summed E-state index contributed by atoms with van der Waals surface area (Å²) in [7, 11) is 0. The van der Waals surface area contributed by atoms with Gasteiger partial charge >= 0.3 is 11.9 Å². The SMILES string of the molecule is CCCCC/C=C\C/C=C\C/C=C\C/C=C\CCCCCC(=O)OC(CCCCCCCC)CCCCCC(=O)O. The molecule has 236 valence electrons. The summed E-state index contributed by atoms with van der Waals surface area (Å²) in [6, 6.07) is 0. The number of ether oxygens (including phenoxy) is 1. The van der Waals surface area contributed by atoms with E-state index < -0.39 is 5.97 Å². The Kier molecular flexibility index (Phi) is 30.8. The van der Waals surface area contributed by atoms with Crippen LogP contribution in [0.4, 0.5) is 0 Å². The van der Waals surface area contributed by atoms with E-state index in [0.29, 0.717) is 12.8 Å². The molecule has 0 aliphatic carbocycles. The Hall–Kier alpha value is -2.10. The molecular weight excluding hydrogens is 508 g/mol. The molecule has 4 nitrogen and oxygen atoms in total. The first kappa shape index (κ1) is 38.9. The third-order valence-electron chi connectivity index (χ3n) is 7.30. The zero-order valence-corrected chi connectivity index (χ0v) is 26.8. The van der Waals surface area contributed by atoms with Crippen LogP contribution >= 0.6 is 0 Å². The molecule has 0 spiro atoms. The molecule has 0 radical (unpaired) electrons. The van der Waals surface area contributed by atoms with Gasteiger partial charge in [0.25, 0.3) is 0 Å². The van der Waals surface area contributed by atoms with Crippen molar-refractivity contribution in [2.24, 2.45) is 0 Å². The van der Waals surface area contributed by atoms with E-state index in [9.17, 15) is 9.59 Å². The molecule has 0 aromatic carbocycles. The van der Waals surface area contributed by atoms with E-state index in [2.05, 4.69) is 62.5 Å². The average molecular weight is 573 g/mol. The number of carbonyl (C=O) groups excluding carboxylic acids is 1. The maximum atomic E-state index is 12.5. The smallest absolute Gasteiger partial charge is 0.306 e. The number of carboxylic acid groups (broad SMARTS) is 1. The molecule has 1 N–H and O–H groups in total. The summed E-state index contributed by atoms with van der Waals surface area (Å²) in [4.78, 5) is 23.2. The number of unbranched alkanes of at least 4 members (excludes halogenated alkanes) is 13. The first-order chi connectivity index (χ1) is 20.1. The lowest BCUT2D eigenvalue weighted by atomic mass is 10.0. The number of esters is 1. The number of hydrogen-bond acceptors (Lipinski definition) is 3. The summed E-state index contributed by atoms with van der Waals surface area (Å²) in [6.45, 7) is 4.47. The molecule has 0 saturated heterocycles. The van der Waals surface area contributed by atoms with Gasteiger partial charge in [-0.15, -0.1) is 0 Å². The lowest BCUT2D eigenvalue weighted by molar-refractivity contribution is -0.150. The van der Waals surface area contributed by atoms with Gasteiger partial charge in [0.15, 0.2) is 0 Å². The Morgan fingerprint density at radius 2 is 0.951 bits per heavy atom. The molecule has 0 saturated carbocycles. The molecular formula is C37H64O4. The lowest BCUT2D eigenvalue weighted by Crippen LogP contribution is -2.18. The maximum Gasteiger partial charge on any atom is 0.306 e. The van der Waals surface area contributed by atoms with Crippen molar-refractivity contribution in [1.29, 1.82) is 0 Å². The van der Waals surface area contributed by atoms with Crippen LogP contribution < -0.4 is 0 Å². The highest BCUT2D eigenvalue weighted by Crippen LogP contribution is 2.17. The minimum absolute atomic E-state index is 0.0119. The Balaban J connectivity index is 3.94. The van der Waals surface area contributed by atoms with Crippen molar-refractivity contribution in [3.8, 4) is 0 Å². The topological polar surface area (TPSA) is 63.6 Å². The van der Waals surface area contributed by atoms with Crippen molar-refractivity contribution in [1.82, 2.24) is 0 Å².